The number of hydrogen-bond donors (Lipinski definition) is 2. The number of aliphatic hydroxyl groups is 2. The second-order valence-corrected chi connectivity index (χ2v) is 3.75. The molecule has 0 bridgehead atoms. The van der Waals surface area contributed by atoms with Gasteiger partial charge in [-0.2, -0.15) is 0 Å². The van der Waals surface area contributed by atoms with Crippen molar-refractivity contribution in [2.24, 2.45) is 0 Å². The highest BCUT2D eigenvalue weighted by Gasteiger charge is 2.37. The normalized spacial score (nSPS) is 41.1. The molecular formula is C9H18O4. The molecule has 0 aliphatic carbocycles. The van der Waals surface area contributed by atoms with Crippen molar-refractivity contribution >= 4 is 0 Å². The maximum absolute atomic E-state index is 9.60. The van der Waals surface area contributed by atoms with Crippen molar-refractivity contribution < 1.29 is 19.7 Å². The van der Waals surface area contributed by atoms with Crippen LogP contribution in [0.5, 0.6) is 0 Å². The first-order chi connectivity index (χ1) is 6.02. The van der Waals surface area contributed by atoms with Gasteiger partial charge in [0, 0.05) is 0 Å². The van der Waals surface area contributed by atoms with Gasteiger partial charge in [0.1, 0.15) is 18.3 Å². The molecule has 78 valence electrons. The molecule has 0 amide bonds. The molecular weight excluding hydrogens is 172 g/mol. The Morgan fingerprint density at radius 1 is 1.38 bits per heavy atom. The average Bonchev–Trinajstić information content (AvgIpc) is 2.05. The lowest BCUT2D eigenvalue weighted by atomic mass is 10.0. The second-order valence-electron chi connectivity index (χ2n) is 3.75. The predicted molar refractivity (Wildman–Crippen MR) is 47.4 cm³/mol. The van der Waals surface area contributed by atoms with E-state index in [9.17, 15) is 10.2 Å². The Morgan fingerprint density at radius 2 is 2.00 bits per heavy atom. The summed E-state index contributed by atoms with van der Waals surface area (Å²) in [5.74, 6) is 0. The molecule has 4 unspecified atom stereocenters. The summed E-state index contributed by atoms with van der Waals surface area (Å²) in [5.41, 5.74) is 0. The SMILES string of the molecule is CC(C)OC1C(C)OCC(O)C1O. The molecule has 0 aromatic heterocycles. The third-order valence-corrected chi connectivity index (χ3v) is 2.15. The number of rotatable bonds is 2. The highest BCUT2D eigenvalue weighted by molar-refractivity contribution is 4.86. The number of aliphatic hydroxyl groups excluding tert-OH is 2. The summed E-state index contributed by atoms with van der Waals surface area (Å²) in [7, 11) is 0. The molecule has 1 rings (SSSR count). The minimum atomic E-state index is -0.842. The largest absolute Gasteiger partial charge is 0.388 e. The lowest BCUT2D eigenvalue weighted by Crippen LogP contribution is -2.53. The summed E-state index contributed by atoms with van der Waals surface area (Å²) < 4.78 is 10.7. The van der Waals surface area contributed by atoms with E-state index in [2.05, 4.69) is 0 Å². The van der Waals surface area contributed by atoms with E-state index >= 15 is 0 Å². The van der Waals surface area contributed by atoms with E-state index < -0.39 is 18.3 Å². The van der Waals surface area contributed by atoms with Crippen LogP contribution in [0.1, 0.15) is 20.8 Å². The van der Waals surface area contributed by atoms with E-state index in [1.807, 2.05) is 20.8 Å². The fourth-order valence-electron chi connectivity index (χ4n) is 1.45. The highest BCUT2D eigenvalue weighted by Crippen LogP contribution is 2.19. The molecule has 4 heteroatoms. The van der Waals surface area contributed by atoms with Crippen molar-refractivity contribution in [3.63, 3.8) is 0 Å². The van der Waals surface area contributed by atoms with Gasteiger partial charge < -0.3 is 19.7 Å². The molecule has 1 fully saturated rings. The minimum Gasteiger partial charge on any atom is -0.388 e. The van der Waals surface area contributed by atoms with Gasteiger partial charge in [-0.1, -0.05) is 0 Å². The summed E-state index contributed by atoms with van der Waals surface area (Å²) in [4.78, 5) is 0. The van der Waals surface area contributed by atoms with E-state index in [0.29, 0.717) is 0 Å². The van der Waals surface area contributed by atoms with Gasteiger partial charge >= 0.3 is 0 Å². The Hall–Kier alpha value is -0.160. The molecule has 4 atom stereocenters. The predicted octanol–water partition coefficient (Wildman–Crippen LogP) is -0.0795. The van der Waals surface area contributed by atoms with Gasteiger partial charge in [-0.15, -0.1) is 0 Å². The molecule has 4 nitrogen and oxygen atoms in total. The van der Waals surface area contributed by atoms with Crippen LogP contribution in [0.25, 0.3) is 0 Å². The van der Waals surface area contributed by atoms with Crippen molar-refractivity contribution in [2.75, 3.05) is 6.61 Å². The van der Waals surface area contributed by atoms with E-state index in [4.69, 9.17) is 9.47 Å². The first kappa shape index (κ1) is 10.9. The fourth-order valence-corrected chi connectivity index (χ4v) is 1.45. The minimum absolute atomic E-state index is 0.0241. The van der Waals surface area contributed by atoms with Crippen LogP contribution in [0.4, 0.5) is 0 Å². The quantitative estimate of drug-likeness (QED) is 0.639. The molecule has 1 saturated heterocycles. The Morgan fingerprint density at radius 3 is 2.54 bits per heavy atom. The topological polar surface area (TPSA) is 58.9 Å². The molecule has 13 heavy (non-hydrogen) atoms. The Bertz CT molecular complexity index is 160. The smallest absolute Gasteiger partial charge is 0.112 e. The van der Waals surface area contributed by atoms with Crippen LogP contribution in [0.2, 0.25) is 0 Å². The zero-order valence-corrected chi connectivity index (χ0v) is 8.30. The molecule has 2 N–H and O–H groups in total. The third kappa shape index (κ3) is 2.64. The first-order valence-electron chi connectivity index (χ1n) is 4.65. The van der Waals surface area contributed by atoms with E-state index in [1.54, 1.807) is 0 Å². The van der Waals surface area contributed by atoms with Crippen LogP contribution in [-0.4, -0.2) is 47.3 Å². The Kier molecular flexibility index (Phi) is 3.67. The maximum atomic E-state index is 9.60. The van der Waals surface area contributed by atoms with Gasteiger partial charge in [-0.25, -0.2) is 0 Å². The van der Waals surface area contributed by atoms with Gasteiger partial charge in [-0.05, 0) is 20.8 Å². The molecule has 1 aliphatic rings. The summed E-state index contributed by atoms with van der Waals surface area (Å²) >= 11 is 0. The van der Waals surface area contributed by atoms with Crippen LogP contribution in [0.3, 0.4) is 0 Å². The molecule has 0 spiro atoms. The monoisotopic (exact) mass is 190 g/mol. The molecule has 1 heterocycles. The first-order valence-corrected chi connectivity index (χ1v) is 4.65. The van der Waals surface area contributed by atoms with Crippen LogP contribution in [-0.2, 0) is 9.47 Å². The van der Waals surface area contributed by atoms with Crippen LogP contribution >= 0.6 is 0 Å². The molecule has 1 aliphatic heterocycles. The molecule has 0 saturated carbocycles. The van der Waals surface area contributed by atoms with Crippen LogP contribution in [0, 0.1) is 0 Å². The number of ether oxygens (including phenoxy) is 2. The lowest BCUT2D eigenvalue weighted by Gasteiger charge is -2.37. The zero-order chi connectivity index (χ0) is 10.0. The summed E-state index contributed by atoms with van der Waals surface area (Å²) in [6.45, 7) is 5.79. The van der Waals surface area contributed by atoms with E-state index in [0.717, 1.165) is 0 Å². The van der Waals surface area contributed by atoms with Crippen molar-refractivity contribution in [3.8, 4) is 0 Å². The van der Waals surface area contributed by atoms with Crippen molar-refractivity contribution in [2.45, 2.75) is 51.3 Å². The summed E-state index contributed by atoms with van der Waals surface area (Å²) in [6.07, 6.45) is -2.24. The third-order valence-electron chi connectivity index (χ3n) is 2.15. The highest BCUT2D eigenvalue weighted by atomic mass is 16.6. The van der Waals surface area contributed by atoms with Crippen molar-refractivity contribution in [1.82, 2.24) is 0 Å². The summed E-state index contributed by atoms with van der Waals surface area (Å²) in [6, 6.07) is 0. The Labute approximate surface area is 78.5 Å². The van der Waals surface area contributed by atoms with Gasteiger partial charge in [0.05, 0.1) is 18.8 Å². The van der Waals surface area contributed by atoms with Crippen molar-refractivity contribution in [1.29, 1.82) is 0 Å². The Balaban J connectivity index is 2.55. The van der Waals surface area contributed by atoms with Gasteiger partial charge in [0.25, 0.3) is 0 Å². The van der Waals surface area contributed by atoms with E-state index in [1.165, 1.54) is 0 Å². The van der Waals surface area contributed by atoms with Gasteiger partial charge in [0.15, 0.2) is 0 Å². The zero-order valence-electron chi connectivity index (χ0n) is 8.30. The molecule has 0 aromatic carbocycles. The number of hydrogen-bond acceptors (Lipinski definition) is 4. The standard InChI is InChI=1S/C9H18O4/c1-5(2)13-9-6(3)12-4-7(10)8(9)11/h5-11H,4H2,1-3H3. The second kappa shape index (κ2) is 4.37. The molecule has 0 aromatic rings. The summed E-state index contributed by atoms with van der Waals surface area (Å²) in [5, 5.41) is 18.9. The van der Waals surface area contributed by atoms with Crippen LogP contribution in [0.15, 0.2) is 0 Å². The van der Waals surface area contributed by atoms with Crippen molar-refractivity contribution in [3.05, 3.63) is 0 Å². The van der Waals surface area contributed by atoms with Crippen LogP contribution < -0.4 is 0 Å². The maximum Gasteiger partial charge on any atom is 0.112 e. The lowest BCUT2D eigenvalue weighted by molar-refractivity contribution is -0.208. The van der Waals surface area contributed by atoms with Gasteiger partial charge in [0.2, 0.25) is 0 Å². The fraction of sp³-hybridized carbons (Fsp3) is 1.00. The van der Waals surface area contributed by atoms with Gasteiger partial charge in [-0.3, -0.25) is 0 Å². The van der Waals surface area contributed by atoms with E-state index in [-0.39, 0.29) is 18.8 Å². The average molecular weight is 190 g/mol. The molecule has 0 radical (unpaired) electrons.